The molecule has 0 atom stereocenters. The largest absolute Gasteiger partial charge is 0.489 e. The van der Waals surface area contributed by atoms with Crippen LogP contribution in [0, 0.1) is 0 Å². The number of hydrogen-bond acceptors (Lipinski definition) is 4. The summed E-state index contributed by atoms with van der Waals surface area (Å²) in [6, 6.07) is 1.57. The summed E-state index contributed by atoms with van der Waals surface area (Å²) in [6.45, 7) is 4.01. The first-order chi connectivity index (χ1) is 6.75. The molecule has 5 heteroatoms. The van der Waals surface area contributed by atoms with Crippen LogP contribution >= 0.6 is 11.3 Å². The fraction of sp³-hybridized carbons (Fsp3) is 0.444. The van der Waals surface area contributed by atoms with Crippen LogP contribution in [-0.2, 0) is 0 Å². The van der Waals surface area contributed by atoms with Gasteiger partial charge in [0, 0.05) is 0 Å². The molecule has 80 valence electrons. The van der Waals surface area contributed by atoms with Crippen LogP contribution in [0.25, 0.3) is 0 Å². The van der Waals surface area contributed by atoms with Gasteiger partial charge in [0.25, 0.3) is 0 Å². The summed E-state index contributed by atoms with van der Waals surface area (Å²) in [4.78, 5) is 10.7. The normalized spacial score (nSPS) is 8.79. The predicted octanol–water partition coefficient (Wildman–Crippen LogP) is 1.84. The van der Waals surface area contributed by atoms with Crippen molar-refractivity contribution in [2.45, 2.75) is 13.8 Å². The first kappa shape index (κ1) is 12.9. The van der Waals surface area contributed by atoms with Gasteiger partial charge in [-0.15, -0.1) is 11.3 Å². The molecule has 0 aliphatic heterocycles. The second-order valence-corrected chi connectivity index (χ2v) is 2.91. The van der Waals surface area contributed by atoms with Crippen molar-refractivity contribution >= 4 is 17.3 Å². The summed E-state index contributed by atoms with van der Waals surface area (Å²) in [5, 5.41) is 18.7. The van der Waals surface area contributed by atoms with Gasteiger partial charge in [-0.05, 0) is 11.4 Å². The van der Waals surface area contributed by atoms with Crippen LogP contribution in [0.3, 0.4) is 0 Å². The number of ether oxygens (including phenoxy) is 1. The van der Waals surface area contributed by atoms with Crippen LogP contribution in [0.4, 0.5) is 0 Å². The first-order valence-electron chi connectivity index (χ1n) is 4.30. The molecule has 0 saturated heterocycles. The van der Waals surface area contributed by atoms with Crippen LogP contribution in [-0.4, -0.2) is 29.4 Å². The van der Waals surface area contributed by atoms with E-state index in [0.29, 0.717) is 5.75 Å². The number of hydrogen-bond donors (Lipinski definition) is 2. The highest BCUT2D eigenvalue weighted by Crippen LogP contribution is 2.24. The van der Waals surface area contributed by atoms with Gasteiger partial charge in [-0.25, -0.2) is 4.79 Å². The van der Waals surface area contributed by atoms with Crippen molar-refractivity contribution in [1.29, 1.82) is 0 Å². The Balaban J connectivity index is 0.000000791. The minimum Gasteiger partial charge on any atom is -0.489 e. The number of carboxylic acid groups (broad SMARTS) is 1. The maximum Gasteiger partial charge on any atom is 0.349 e. The molecule has 0 fully saturated rings. The highest BCUT2D eigenvalue weighted by Gasteiger charge is 2.11. The quantitative estimate of drug-likeness (QED) is 0.809. The van der Waals surface area contributed by atoms with E-state index in [0.717, 1.165) is 11.3 Å². The molecule has 2 N–H and O–H groups in total. The maximum absolute atomic E-state index is 10.5. The molecule has 1 aromatic rings. The lowest BCUT2D eigenvalue weighted by Gasteiger charge is -2.01. The van der Waals surface area contributed by atoms with Crippen LogP contribution in [0.5, 0.6) is 5.75 Å². The maximum atomic E-state index is 10.5. The third-order valence-corrected chi connectivity index (χ3v) is 2.06. The average Bonchev–Trinajstić information content (AvgIpc) is 2.66. The molecule has 1 rings (SSSR count). The molecule has 0 radical (unpaired) electrons. The molecule has 4 nitrogen and oxygen atoms in total. The summed E-state index contributed by atoms with van der Waals surface area (Å²) in [6.07, 6.45) is 0. The monoisotopic (exact) mass is 218 g/mol. The number of rotatable bonds is 4. The minimum atomic E-state index is -1.00. The molecular formula is C9H14O4S. The Morgan fingerprint density at radius 3 is 2.71 bits per heavy atom. The Bertz CT molecular complexity index is 270. The number of carboxylic acids is 1. The molecule has 14 heavy (non-hydrogen) atoms. The van der Waals surface area contributed by atoms with E-state index < -0.39 is 5.97 Å². The zero-order valence-electron chi connectivity index (χ0n) is 8.19. The summed E-state index contributed by atoms with van der Waals surface area (Å²) >= 11 is 1.10. The predicted molar refractivity (Wildman–Crippen MR) is 55.2 cm³/mol. The van der Waals surface area contributed by atoms with Crippen molar-refractivity contribution in [2.75, 3.05) is 13.2 Å². The first-order valence-corrected chi connectivity index (χ1v) is 5.18. The van der Waals surface area contributed by atoms with Gasteiger partial charge in [-0.1, -0.05) is 13.8 Å². The van der Waals surface area contributed by atoms with Gasteiger partial charge in [0.15, 0.2) is 4.88 Å². The summed E-state index contributed by atoms with van der Waals surface area (Å²) in [7, 11) is 0. The van der Waals surface area contributed by atoms with Gasteiger partial charge in [-0.2, -0.15) is 0 Å². The number of aromatic carboxylic acids is 1. The molecule has 0 bridgehead atoms. The molecule has 1 heterocycles. The molecule has 0 saturated carbocycles. The smallest absolute Gasteiger partial charge is 0.349 e. The van der Waals surface area contributed by atoms with Gasteiger partial charge in [0.05, 0.1) is 6.61 Å². The molecule has 0 aromatic carbocycles. The van der Waals surface area contributed by atoms with Crippen molar-refractivity contribution in [3.05, 3.63) is 16.3 Å². The van der Waals surface area contributed by atoms with E-state index >= 15 is 0 Å². The molecule has 0 unspecified atom stereocenters. The zero-order valence-corrected chi connectivity index (χ0v) is 9.00. The molecular weight excluding hydrogens is 204 g/mol. The van der Waals surface area contributed by atoms with E-state index in [-0.39, 0.29) is 18.1 Å². The Hall–Kier alpha value is -1.07. The van der Waals surface area contributed by atoms with Crippen molar-refractivity contribution in [3.63, 3.8) is 0 Å². The van der Waals surface area contributed by atoms with E-state index in [1.807, 2.05) is 13.8 Å². The van der Waals surface area contributed by atoms with Crippen LogP contribution in [0.2, 0.25) is 0 Å². The zero-order chi connectivity index (χ0) is 11.0. The highest BCUT2D eigenvalue weighted by atomic mass is 32.1. The van der Waals surface area contributed by atoms with Gasteiger partial charge >= 0.3 is 5.97 Å². The van der Waals surface area contributed by atoms with E-state index in [1.165, 1.54) is 0 Å². The number of thiophene rings is 1. The summed E-state index contributed by atoms with van der Waals surface area (Å²) in [5.41, 5.74) is 0. The van der Waals surface area contributed by atoms with Crippen molar-refractivity contribution in [3.8, 4) is 5.75 Å². The second kappa shape index (κ2) is 7.34. The lowest BCUT2D eigenvalue weighted by molar-refractivity contribution is 0.0696. The Morgan fingerprint density at radius 1 is 1.57 bits per heavy atom. The van der Waals surface area contributed by atoms with Gasteiger partial charge in [-0.3, -0.25) is 0 Å². The molecule has 0 spiro atoms. The van der Waals surface area contributed by atoms with E-state index in [1.54, 1.807) is 11.4 Å². The highest BCUT2D eigenvalue weighted by molar-refractivity contribution is 7.12. The third-order valence-electron chi connectivity index (χ3n) is 1.17. The number of aliphatic hydroxyl groups is 1. The molecule has 0 aliphatic carbocycles. The Kier molecular flexibility index (Phi) is 6.78. The van der Waals surface area contributed by atoms with E-state index in [2.05, 4.69) is 0 Å². The van der Waals surface area contributed by atoms with E-state index in [4.69, 9.17) is 14.9 Å². The molecule has 0 amide bonds. The molecule has 1 aromatic heterocycles. The Labute approximate surface area is 86.8 Å². The summed E-state index contributed by atoms with van der Waals surface area (Å²) in [5.74, 6) is -0.681. The van der Waals surface area contributed by atoms with Crippen LogP contribution in [0.1, 0.15) is 23.5 Å². The fourth-order valence-corrected chi connectivity index (χ4v) is 1.39. The second-order valence-electron chi connectivity index (χ2n) is 1.99. The van der Waals surface area contributed by atoms with Crippen molar-refractivity contribution < 1.29 is 19.7 Å². The van der Waals surface area contributed by atoms with Crippen molar-refractivity contribution in [2.24, 2.45) is 0 Å². The lowest BCUT2D eigenvalue weighted by Crippen LogP contribution is -2.04. The van der Waals surface area contributed by atoms with Crippen LogP contribution in [0.15, 0.2) is 11.4 Å². The lowest BCUT2D eigenvalue weighted by atomic mass is 10.4. The van der Waals surface area contributed by atoms with Crippen molar-refractivity contribution in [1.82, 2.24) is 0 Å². The number of carbonyl (C=O) groups is 1. The third kappa shape index (κ3) is 3.76. The topological polar surface area (TPSA) is 66.8 Å². The summed E-state index contributed by atoms with van der Waals surface area (Å²) < 4.78 is 4.97. The number of aliphatic hydroxyl groups excluding tert-OH is 1. The van der Waals surface area contributed by atoms with E-state index in [9.17, 15) is 4.79 Å². The van der Waals surface area contributed by atoms with Gasteiger partial charge in [0.2, 0.25) is 0 Å². The SMILES string of the molecule is CC.O=C(O)c1sccc1OCCO. The van der Waals surface area contributed by atoms with Gasteiger partial charge < -0.3 is 14.9 Å². The molecule has 0 aliphatic rings. The average molecular weight is 218 g/mol. The minimum absolute atomic E-state index is 0.116. The fourth-order valence-electron chi connectivity index (χ4n) is 0.723. The van der Waals surface area contributed by atoms with Crippen LogP contribution < -0.4 is 4.74 Å². The Morgan fingerprint density at radius 2 is 2.21 bits per heavy atom. The standard InChI is InChI=1S/C7H8O4S.C2H6/c8-2-3-11-5-1-4-12-6(5)7(9)10;1-2/h1,4,8H,2-3H2,(H,9,10);1-2H3. The van der Waals surface area contributed by atoms with Gasteiger partial charge in [0.1, 0.15) is 12.4 Å².